The van der Waals surface area contributed by atoms with Crippen molar-refractivity contribution >= 4 is 29.9 Å². The third kappa shape index (κ3) is 6.71. The number of rotatable bonds is 9. The Morgan fingerprint density at radius 1 is 1.30 bits per heavy atom. The van der Waals surface area contributed by atoms with E-state index in [0.717, 1.165) is 47.1 Å². The standard InChI is InChI=1S/C21H35N5O3.HI/c1-8-22-20(24-13-21(6,27)19-11-14(2)29-17(19)5)23-12-18-15(3)25-26(16(18)4)9-10-28-7;/h11,27H,8-10,12-13H2,1-7H3,(H2,22,23,24);1H. The number of methoxy groups -OCH3 is 1. The first-order valence-electron chi connectivity index (χ1n) is 10.0. The predicted molar refractivity (Wildman–Crippen MR) is 130 cm³/mol. The molecule has 1 unspecified atom stereocenters. The largest absolute Gasteiger partial charge is 0.466 e. The molecule has 0 bridgehead atoms. The predicted octanol–water partition coefficient (Wildman–Crippen LogP) is 2.94. The molecule has 3 N–H and O–H groups in total. The van der Waals surface area contributed by atoms with Gasteiger partial charge in [0.1, 0.15) is 17.1 Å². The fraction of sp³-hybridized carbons (Fsp3) is 0.619. The molecule has 0 aliphatic carbocycles. The molecule has 0 spiro atoms. The first kappa shape index (κ1) is 26.4. The van der Waals surface area contributed by atoms with Crippen LogP contribution in [0.25, 0.3) is 0 Å². The zero-order valence-corrected chi connectivity index (χ0v) is 21.5. The van der Waals surface area contributed by atoms with Crippen molar-refractivity contribution in [3.05, 3.63) is 40.1 Å². The maximum absolute atomic E-state index is 10.9. The number of aliphatic hydroxyl groups is 1. The summed E-state index contributed by atoms with van der Waals surface area (Å²) in [6.07, 6.45) is 0. The van der Waals surface area contributed by atoms with Crippen LogP contribution in [-0.2, 0) is 23.4 Å². The van der Waals surface area contributed by atoms with Crippen LogP contribution in [-0.4, -0.2) is 47.7 Å². The van der Waals surface area contributed by atoms with Gasteiger partial charge in [-0.1, -0.05) is 0 Å². The second kappa shape index (κ2) is 11.7. The summed E-state index contributed by atoms with van der Waals surface area (Å²) in [5.74, 6) is 2.16. The van der Waals surface area contributed by atoms with E-state index in [-0.39, 0.29) is 24.0 Å². The Hall–Kier alpha value is -1.59. The second-order valence-electron chi connectivity index (χ2n) is 7.51. The minimum absolute atomic E-state index is 0. The second-order valence-corrected chi connectivity index (χ2v) is 7.51. The van der Waals surface area contributed by atoms with Gasteiger partial charge in [-0.2, -0.15) is 5.10 Å². The highest BCUT2D eigenvalue weighted by atomic mass is 127. The summed E-state index contributed by atoms with van der Waals surface area (Å²) in [6.45, 7) is 14.5. The van der Waals surface area contributed by atoms with Crippen LogP contribution in [0.4, 0.5) is 0 Å². The summed E-state index contributed by atoms with van der Waals surface area (Å²) in [5.41, 5.74) is 2.87. The number of hydrogen-bond donors (Lipinski definition) is 3. The van der Waals surface area contributed by atoms with Gasteiger partial charge in [0.15, 0.2) is 5.96 Å². The molecule has 2 rings (SSSR count). The van der Waals surface area contributed by atoms with Crippen LogP contribution in [0.15, 0.2) is 15.5 Å². The summed E-state index contributed by atoms with van der Waals surface area (Å²) in [4.78, 5) is 4.70. The van der Waals surface area contributed by atoms with Crippen LogP contribution >= 0.6 is 24.0 Å². The van der Waals surface area contributed by atoms with Crippen molar-refractivity contribution in [3.63, 3.8) is 0 Å². The van der Waals surface area contributed by atoms with E-state index in [9.17, 15) is 5.11 Å². The number of ether oxygens (including phenoxy) is 1. The minimum Gasteiger partial charge on any atom is -0.466 e. The molecular formula is C21H36IN5O3. The molecule has 170 valence electrons. The van der Waals surface area contributed by atoms with E-state index in [4.69, 9.17) is 14.1 Å². The van der Waals surface area contributed by atoms with E-state index in [0.29, 0.717) is 25.7 Å². The number of hydrogen-bond acceptors (Lipinski definition) is 5. The molecule has 0 saturated heterocycles. The van der Waals surface area contributed by atoms with E-state index < -0.39 is 5.60 Å². The van der Waals surface area contributed by atoms with Gasteiger partial charge in [-0.3, -0.25) is 4.68 Å². The van der Waals surface area contributed by atoms with Crippen molar-refractivity contribution in [1.29, 1.82) is 0 Å². The van der Waals surface area contributed by atoms with Crippen LogP contribution in [0.5, 0.6) is 0 Å². The Bertz CT molecular complexity index is 842. The van der Waals surface area contributed by atoms with Gasteiger partial charge in [0.25, 0.3) is 0 Å². The van der Waals surface area contributed by atoms with Gasteiger partial charge in [0.2, 0.25) is 0 Å². The van der Waals surface area contributed by atoms with Gasteiger partial charge >= 0.3 is 0 Å². The maximum Gasteiger partial charge on any atom is 0.191 e. The molecule has 0 fully saturated rings. The summed E-state index contributed by atoms with van der Waals surface area (Å²) in [6, 6.07) is 1.88. The van der Waals surface area contributed by atoms with E-state index in [1.54, 1.807) is 14.0 Å². The van der Waals surface area contributed by atoms with Crippen LogP contribution in [0, 0.1) is 27.7 Å². The number of furan rings is 1. The fourth-order valence-corrected chi connectivity index (χ4v) is 3.37. The number of aromatic nitrogens is 2. The van der Waals surface area contributed by atoms with Crippen molar-refractivity contribution in [2.75, 3.05) is 26.8 Å². The van der Waals surface area contributed by atoms with Crippen LogP contribution in [0.1, 0.15) is 47.9 Å². The first-order valence-corrected chi connectivity index (χ1v) is 10.0. The molecule has 30 heavy (non-hydrogen) atoms. The van der Waals surface area contributed by atoms with Gasteiger partial charge in [-0.05, 0) is 47.6 Å². The molecule has 9 heteroatoms. The SMILES string of the molecule is CCNC(=NCc1c(C)nn(CCOC)c1C)NCC(C)(O)c1cc(C)oc1C.I. The number of aliphatic imine (C=N–C) groups is 1. The Kier molecular flexibility index (Phi) is 10.3. The smallest absolute Gasteiger partial charge is 0.191 e. The molecule has 8 nitrogen and oxygen atoms in total. The molecular weight excluding hydrogens is 497 g/mol. The van der Waals surface area contributed by atoms with Crippen molar-refractivity contribution in [3.8, 4) is 0 Å². The molecule has 0 saturated carbocycles. The van der Waals surface area contributed by atoms with E-state index in [2.05, 4.69) is 22.7 Å². The zero-order chi connectivity index (χ0) is 21.6. The van der Waals surface area contributed by atoms with E-state index in [1.807, 2.05) is 38.4 Å². The van der Waals surface area contributed by atoms with Crippen molar-refractivity contribution in [2.45, 2.75) is 60.2 Å². The normalized spacial score (nSPS) is 13.7. The lowest BCUT2D eigenvalue weighted by Gasteiger charge is -2.24. The topological polar surface area (TPSA) is 96.8 Å². The van der Waals surface area contributed by atoms with Crippen molar-refractivity contribution in [2.24, 2.45) is 4.99 Å². The average molecular weight is 533 g/mol. The Balaban J connectivity index is 0.00000450. The summed E-state index contributed by atoms with van der Waals surface area (Å²) < 4.78 is 12.7. The molecule has 2 heterocycles. The molecule has 0 aliphatic rings. The van der Waals surface area contributed by atoms with Crippen molar-refractivity contribution in [1.82, 2.24) is 20.4 Å². The van der Waals surface area contributed by atoms with Crippen LogP contribution in [0.2, 0.25) is 0 Å². The van der Waals surface area contributed by atoms with Crippen LogP contribution < -0.4 is 10.6 Å². The van der Waals surface area contributed by atoms with E-state index in [1.165, 1.54) is 0 Å². The number of aryl methyl sites for hydroxylation is 3. The Morgan fingerprint density at radius 2 is 2.00 bits per heavy atom. The average Bonchev–Trinajstić information content (AvgIpc) is 3.14. The minimum atomic E-state index is -1.07. The fourth-order valence-electron chi connectivity index (χ4n) is 3.37. The monoisotopic (exact) mass is 533 g/mol. The molecule has 0 amide bonds. The zero-order valence-electron chi connectivity index (χ0n) is 19.1. The highest BCUT2D eigenvalue weighted by Gasteiger charge is 2.28. The van der Waals surface area contributed by atoms with Gasteiger partial charge in [0.05, 0.1) is 31.9 Å². The number of nitrogens with zero attached hydrogens (tertiary/aromatic N) is 3. The molecule has 0 aliphatic heterocycles. The van der Waals surface area contributed by atoms with Gasteiger partial charge in [-0.15, -0.1) is 24.0 Å². The number of halogens is 1. The quantitative estimate of drug-likeness (QED) is 0.261. The molecule has 0 radical (unpaired) electrons. The third-order valence-electron chi connectivity index (χ3n) is 5.00. The molecule has 2 aromatic heterocycles. The number of nitrogens with one attached hydrogen (secondary N) is 2. The summed E-state index contributed by atoms with van der Waals surface area (Å²) in [5, 5.41) is 22.0. The third-order valence-corrected chi connectivity index (χ3v) is 5.00. The van der Waals surface area contributed by atoms with Crippen LogP contribution in [0.3, 0.4) is 0 Å². The molecule has 0 aromatic carbocycles. The summed E-state index contributed by atoms with van der Waals surface area (Å²) >= 11 is 0. The molecule has 1 atom stereocenters. The maximum atomic E-state index is 10.9. The van der Waals surface area contributed by atoms with Gasteiger partial charge < -0.3 is 24.9 Å². The number of guanidine groups is 1. The lowest BCUT2D eigenvalue weighted by Crippen LogP contribution is -2.44. The molecule has 2 aromatic rings. The lowest BCUT2D eigenvalue weighted by molar-refractivity contribution is 0.0601. The summed E-state index contributed by atoms with van der Waals surface area (Å²) in [7, 11) is 1.69. The van der Waals surface area contributed by atoms with E-state index >= 15 is 0 Å². The first-order chi connectivity index (χ1) is 13.7. The highest BCUT2D eigenvalue weighted by Crippen LogP contribution is 2.26. The lowest BCUT2D eigenvalue weighted by atomic mass is 9.96. The van der Waals surface area contributed by atoms with Gasteiger partial charge in [0, 0.05) is 30.5 Å². The van der Waals surface area contributed by atoms with Crippen molar-refractivity contribution < 1.29 is 14.3 Å². The highest BCUT2D eigenvalue weighted by molar-refractivity contribution is 14.0. The Labute approximate surface area is 196 Å². The Morgan fingerprint density at radius 3 is 2.57 bits per heavy atom. The van der Waals surface area contributed by atoms with Gasteiger partial charge in [-0.25, -0.2) is 4.99 Å².